The van der Waals surface area contributed by atoms with Crippen molar-refractivity contribution in [3.05, 3.63) is 29.6 Å². The van der Waals surface area contributed by atoms with Gasteiger partial charge in [-0.1, -0.05) is 0 Å². The van der Waals surface area contributed by atoms with Crippen LogP contribution in [0.3, 0.4) is 0 Å². The number of thioether (sulfide) groups is 1. The number of ether oxygens (including phenoxy) is 2. The fraction of sp³-hybridized carbons (Fsp3) is 0.429. The van der Waals surface area contributed by atoms with E-state index in [0.717, 1.165) is 6.07 Å². The van der Waals surface area contributed by atoms with Crippen molar-refractivity contribution < 1.29 is 23.5 Å². The molecule has 1 aromatic carbocycles. The highest BCUT2D eigenvalue weighted by atomic mass is 32.2. The highest BCUT2D eigenvalue weighted by Crippen LogP contribution is 2.23. The second kappa shape index (κ2) is 6.80. The molecule has 114 valence electrons. The fourth-order valence-electron chi connectivity index (χ4n) is 2.09. The summed E-state index contributed by atoms with van der Waals surface area (Å²) in [5.74, 6) is -0.499. The Balaban J connectivity index is 2.12. The molecule has 1 heterocycles. The summed E-state index contributed by atoms with van der Waals surface area (Å²) in [5.41, 5.74) is 0.240. The Morgan fingerprint density at radius 1 is 1.38 bits per heavy atom. The van der Waals surface area contributed by atoms with Crippen molar-refractivity contribution in [3.63, 3.8) is 0 Å². The Labute approximate surface area is 126 Å². The van der Waals surface area contributed by atoms with Crippen LogP contribution in [-0.2, 0) is 9.53 Å². The highest BCUT2D eigenvalue weighted by molar-refractivity contribution is 8.00. The first-order valence-electron chi connectivity index (χ1n) is 6.39. The number of carbonyl (C=O) groups is 2. The topological polar surface area (TPSA) is 55.8 Å². The minimum atomic E-state index is -0.584. The van der Waals surface area contributed by atoms with Gasteiger partial charge in [0.15, 0.2) is 11.6 Å². The summed E-state index contributed by atoms with van der Waals surface area (Å²) < 4.78 is 23.2. The van der Waals surface area contributed by atoms with Gasteiger partial charge >= 0.3 is 5.97 Å². The number of esters is 1. The van der Waals surface area contributed by atoms with Gasteiger partial charge in [-0.05, 0) is 18.2 Å². The lowest BCUT2D eigenvalue weighted by Crippen LogP contribution is -2.45. The first kappa shape index (κ1) is 15.6. The lowest BCUT2D eigenvalue weighted by molar-refractivity contribution is -0.140. The molecular weight excluding hydrogens is 297 g/mol. The lowest BCUT2D eigenvalue weighted by atomic mass is 10.1. The van der Waals surface area contributed by atoms with E-state index < -0.39 is 11.1 Å². The number of benzene rings is 1. The van der Waals surface area contributed by atoms with Crippen LogP contribution in [0.25, 0.3) is 0 Å². The van der Waals surface area contributed by atoms with Gasteiger partial charge in [0, 0.05) is 24.4 Å². The Morgan fingerprint density at radius 2 is 2.14 bits per heavy atom. The summed E-state index contributed by atoms with van der Waals surface area (Å²) in [7, 11) is 2.69. The molecule has 0 saturated carbocycles. The third-order valence-corrected chi connectivity index (χ3v) is 4.38. The van der Waals surface area contributed by atoms with Gasteiger partial charge in [0.1, 0.15) is 5.25 Å². The van der Waals surface area contributed by atoms with Crippen LogP contribution in [0.1, 0.15) is 10.4 Å². The number of halogens is 1. The molecule has 0 bridgehead atoms. The second-order valence-electron chi connectivity index (χ2n) is 4.48. The van der Waals surface area contributed by atoms with Crippen LogP contribution < -0.4 is 4.74 Å². The molecule has 1 aliphatic heterocycles. The van der Waals surface area contributed by atoms with Gasteiger partial charge in [-0.25, -0.2) is 4.39 Å². The zero-order chi connectivity index (χ0) is 15.4. The van der Waals surface area contributed by atoms with Crippen LogP contribution >= 0.6 is 11.8 Å². The Morgan fingerprint density at radius 3 is 2.76 bits per heavy atom. The van der Waals surface area contributed by atoms with Crippen LogP contribution in [-0.4, -0.2) is 55.1 Å². The molecule has 1 atom stereocenters. The number of hydrogen-bond acceptors (Lipinski definition) is 5. The fourth-order valence-corrected chi connectivity index (χ4v) is 3.22. The molecule has 0 aromatic heterocycles. The maximum atomic E-state index is 13.7. The van der Waals surface area contributed by atoms with Crippen molar-refractivity contribution >= 4 is 23.6 Å². The van der Waals surface area contributed by atoms with Gasteiger partial charge in [-0.2, -0.15) is 0 Å². The van der Waals surface area contributed by atoms with Crippen molar-refractivity contribution in [1.29, 1.82) is 0 Å². The molecule has 1 fully saturated rings. The molecular formula is C14H16FNO4S. The molecule has 0 radical (unpaired) electrons. The first-order chi connectivity index (χ1) is 10.1. The predicted octanol–water partition coefficient (Wildman–Crippen LogP) is 1.56. The molecule has 7 heteroatoms. The zero-order valence-corrected chi connectivity index (χ0v) is 12.6. The van der Waals surface area contributed by atoms with Crippen LogP contribution in [0.5, 0.6) is 5.75 Å². The summed E-state index contributed by atoms with van der Waals surface area (Å²) in [4.78, 5) is 25.5. The molecule has 0 aliphatic carbocycles. The van der Waals surface area contributed by atoms with Gasteiger partial charge in [0.05, 0.1) is 14.2 Å². The Hall–Kier alpha value is -1.76. The molecule has 1 aliphatic rings. The minimum Gasteiger partial charge on any atom is -0.494 e. The largest absolute Gasteiger partial charge is 0.494 e. The van der Waals surface area contributed by atoms with E-state index in [4.69, 9.17) is 9.47 Å². The monoisotopic (exact) mass is 313 g/mol. The van der Waals surface area contributed by atoms with Crippen LogP contribution in [0, 0.1) is 5.82 Å². The normalized spacial score (nSPS) is 18.2. The van der Waals surface area contributed by atoms with E-state index in [2.05, 4.69) is 0 Å². The number of hydrogen-bond donors (Lipinski definition) is 0. The first-order valence-corrected chi connectivity index (χ1v) is 7.44. The lowest BCUT2D eigenvalue weighted by Gasteiger charge is -2.31. The second-order valence-corrected chi connectivity index (χ2v) is 5.79. The van der Waals surface area contributed by atoms with Crippen molar-refractivity contribution in [3.8, 4) is 5.75 Å². The van der Waals surface area contributed by atoms with E-state index in [9.17, 15) is 14.0 Å². The number of rotatable bonds is 3. The Kier molecular flexibility index (Phi) is 5.06. The summed E-state index contributed by atoms with van der Waals surface area (Å²) in [6, 6.07) is 4.08. The zero-order valence-electron chi connectivity index (χ0n) is 11.8. The highest BCUT2D eigenvalue weighted by Gasteiger charge is 2.30. The van der Waals surface area contributed by atoms with Gasteiger partial charge in [0.2, 0.25) is 0 Å². The van der Waals surface area contributed by atoms with E-state index in [-0.39, 0.29) is 29.7 Å². The summed E-state index contributed by atoms with van der Waals surface area (Å²) in [6.45, 7) is 0.786. The molecule has 1 aromatic rings. The van der Waals surface area contributed by atoms with Gasteiger partial charge in [-0.3, -0.25) is 9.59 Å². The molecule has 1 saturated heterocycles. The molecule has 0 unspecified atom stereocenters. The average molecular weight is 313 g/mol. The predicted molar refractivity (Wildman–Crippen MR) is 77.1 cm³/mol. The van der Waals surface area contributed by atoms with E-state index in [1.807, 2.05) is 0 Å². The average Bonchev–Trinajstić information content (AvgIpc) is 2.53. The molecule has 0 spiro atoms. The molecule has 2 rings (SSSR count). The summed E-state index contributed by atoms with van der Waals surface area (Å²) >= 11 is 1.46. The summed E-state index contributed by atoms with van der Waals surface area (Å²) in [5, 5.41) is -0.393. The number of amides is 1. The smallest absolute Gasteiger partial charge is 0.320 e. The number of carbonyl (C=O) groups excluding carboxylic acids is 2. The maximum absolute atomic E-state index is 13.7. The van der Waals surface area contributed by atoms with Crippen molar-refractivity contribution in [2.75, 3.05) is 33.1 Å². The number of methoxy groups -OCH3 is 2. The minimum absolute atomic E-state index is 0.0909. The van der Waals surface area contributed by atoms with E-state index in [1.54, 1.807) is 4.90 Å². The van der Waals surface area contributed by atoms with Gasteiger partial charge < -0.3 is 14.4 Å². The quantitative estimate of drug-likeness (QED) is 0.793. The Bertz CT molecular complexity index is 552. The maximum Gasteiger partial charge on any atom is 0.320 e. The third-order valence-electron chi connectivity index (χ3n) is 3.22. The number of nitrogens with zero attached hydrogens (tertiary/aromatic N) is 1. The van der Waals surface area contributed by atoms with E-state index in [1.165, 1.54) is 38.1 Å². The van der Waals surface area contributed by atoms with Crippen LogP contribution in [0.4, 0.5) is 4.39 Å². The van der Waals surface area contributed by atoms with Gasteiger partial charge in [-0.15, -0.1) is 11.8 Å². The molecule has 21 heavy (non-hydrogen) atoms. The van der Waals surface area contributed by atoms with Crippen LogP contribution in [0.2, 0.25) is 0 Å². The molecule has 1 amide bonds. The van der Waals surface area contributed by atoms with Gasteiger partial charge in [0.25, 0.3) is 5.91 Å². The van der Waals surface area contributed by atoms with Crippen molar-refractivity contribution in [1.82, 2.24) is 4.90 Å². The van der Waals surface area contributed by atoms with Crippen LogP contribution in [0.15, 0.2) is 18.2 Å². The summed E-state index contributed by atoms with van der Waals surface area (Å²) in [6.07, 6.45) is 0. The van der Waals surface area contributed by atoms with Crippen molar-refractivity contribution in [2.45, 2.75) is 5.25 Å². The SMILES string of the molecule is COC(=O)[C@@H]1CN(C(=O)c2ccc(OC)c(F)c2)CCS1. The molecule has 0 N–H and O–H groups in total. The molecule has 5 nitrogen and oxygen atoms in total. The van der Waals surface area contributed by atoms with Crippen molar-refractivity contribution in [2.24, 2.45) is 0 Å². The van der Waals surface area contributed by atoms with E-state index >= 15 is 0 Å². The standard InChI is InChI=1S/C14H16FNO4S/c1-19-11-4-3-9(7-10(11)15)13(17)16-5-6-21-12(8-16)14(18)20-2/h3-4,7,12H,5-6,8H2,1-2H3/t12-/m0/s1. The van der Waals surface area contributed by atoms with E-state index in [0.29, 0.717) is 12.3 Å². The third kappa shape index (κ3) is 3.47.